The van der Waals surface area contributed by atoms with E-state index in [9.17, 15) is 14.7 Å². The van der Waals surface area contributed by atoms with Crippen molar-refractivity contribution in [1.29, 1.82) is 0 Å². The van der Waals surface area contributed by atoms with Gasteiger partial charge >= 0.3 is 11.9 Å². The highest BCUT2D eigenvalue weighted by Gasteiger charge is 2.13. The molecule has 0 saturated heterocycles. The first-order valence-corrected chi connectivity index (χ1v) is 6.14. The third-order valence-corrected chi connectivity index (χ3v) is 2.73. The fourth-order valence-electron chi connectivity index (χ4n) is 1.91. The molecule has 0 aliphatic carbocycles. The quantitative estimate of drug-likeness (QED) is 0.810. The molecule has 0 unspecified atom stereocenters. The van der Waals surface area contributed by atoms with Gasteiger partial charge in [0, 0.05) is 11.6 Å². The number of nitrogens with zero attached hydrogens (tertiary/aromatic N) is 1. The van der Waals surface area contributed by atoms with Crippen LogP contribution < -0.4 is 5.32 Å². The number of benzene rings is 1. The van der Waals surface area contributed by atoms with E-state index in [0.29, 0.717) is 17.8 Å². The Hall–Kier alpha value is -2.63. The number of esters is 1. The molecule has 0 spiro atoms. The Morgan fingerprint density at radius 3 is 2.85 bits per heavy atom. The van der Waals surface area contributed by atoms with E-state index in [2.05, 4.69) is 10.3 Å². The maximum atomic E-state index is 11.3. The molecule has 2 aromatic rings. The topological polar surface area (TPSA) is 88.5 Å². The summed E-state index contributed by atoms with van der Waals surface area (Å²) in [5.74, 6) is -1.10. The largest absolute Gasteiger partial charge is 0.478 e. The summed E-state index contributed by atoms with van der Waals surface area (Å²) in [7, 11) is 0. The lowest BCUT2D eigenvalue weighted by molar-refractivity contribution is -0.140. The predicted octanol–water partition coefficient (Wildman–Crippen LogP) is 1.91. The van der Waals surface area contributed by atoms with Gasteiger partial charge in [0.1, 0.15) is 12.4 Å². The van der Waals surface area contributed by atoms with Crippen LogP contribution in [0.4, 0.5) is 5.82 Å². The van der Waals surface area contributed by atoms with Crippen molar-refractivity contribution in [3.63, 3.8) is 0 Å². The number of rotatable bonds is 5. The lowest BCUT2D eigenvalue weighted by Gasteiger charge is -2.10. The number of carbonyl (C=O) groups excluding carboxylic acids is 1. The van der Waals surface area contributed by atoms with E-state index in [4.69, 9.17) is 4.74 Å². The van der Waals surface area contributed by atoms with E-state index >= 15 is 0 Å². The lowest BCUT2D eigenvalue weighted by atomic mass is 10.1. The molecule has 0 radical (unpaired) electrons. The first-order chi connectivity index (χ1) is 9.63. The van der Waals surface area contributed by atoms with Gasteiger partial charge in [-0.1, -0.05) is 12.1 Å². The Bertz CT molecular complexity index is 649. The number of pyridine rings is 1. The number of hydrogen-bond acceptors (Lipinski definition) is 5. The number of carboxylic acids is 1. The number of nitrogens with one attached hydrogen (secondary N) is 1. The average Bonchev–Trinajstić information content (AvgIpc) is 2.44. The molecule has 1 aromatic carbocycles. The number of hydrogen-bond donors (Lipinski definition) is 2. The lowest BCUT2D eigenvalue weighted by Crippen LogP contribution is -2.17. The molecule has 20 heavy (non-hydrogen) atoms. The molecule has 1 heterocycles. The number of carboxylic acid groups (broad SMARTS) is 1. The van der Waals surface area contributed by atoms with Crippen molar-refractivity contribution >= 4 is 28.5 Å². The second kappa shape index (κ2) is 6.01. The highest BCUT2D eigenvalue weighted by Crippen LogP contribution is 2.25. The number of ether oxygens (including phenoxy) is 1. The van der Waals surface area contributed by atoms with Crippen molar-refractivity contribution in [1.82, 2.24) is 4.98 Å². The van der Waals surface area contributed by atoms with Gasteiger partial charge in [0.05, 0.1) is 12.2 Å². The normalized spacial score (nSPS) is 10.2. The maximum Gasteiger partial charge on any atom is 0.336 e. The van der Waals surface area contributed by atoms with Crippen LogP contribution in [0, 0.1) is 0 Å². The van der Waals surface area contributed by atoms with Gasteiger partial charge < -0.3 is 15.2 Å². The van der Waals surface area contributed by atoms with Crippen LogP contribution in [-0.4, -0.2) is 35.2 Å². The minimum atomic E-state index is -1.04. The molecule has 1 aromatic heterocycles. The van der Waals surface area contributed by atoms with Gasteiger partial charge in [-0.2, -0.15) is 0 Å². The summed E-state index contributed by atoms with van der Waals surface area (Å²) in [5.41, 5.74) is 0.141. The monoisotopic (exact) mass is 274 g/mol. The number of anilines is 1. The summed E-state index contributed by atoms with van der Waals surface area (Å²) in [6, 6.07) is 6.68. The minimum absolute atomic E-state index is 0.0616. The van der Waals surface area contributed by atoms with Crippen molar-refractivity contribution in [2.24, 2.45) is 0 Å². The van der Waals surface area contributed by atoms with Crippen molar-refractivity contribution in [2.75, 3.05) is 18.5 Å². The van der Waals surface area contributed by atoms with Crippen LogP contribution in [0.2, 0.25) is 0 Å². The number of aromatic carboxylic acids is 1. The summed E-state index contributed by atoms with van der Waals surface area (Å²) < 4.78 is 4.81. The summed E-state index contributed by atoms with van der Waals surface area (Å²) in [5, 5.41) is 13.3. The third kappa shape index (κ3) is 2.85. The molecule has 0 amide bonds. The predicted molar refractivity (Wildman–Crippen MR) is 73.8 cm³/mol. The van der Waals surface area contributed by atoms with Crippen LogP contribution in [0.3, 0.4) is 0 Å². The van der Waals surface area contributed by atoms with E-state index in [1.165, 1.54) is 6.07 Å². The zero-order valence-electron chi connectivity index (χ0n) is 10.9. The molecule has 2 N–H and O–H groups in total. The minimum Gasteiger partial charge on any atom is -0.478 e. The maximum absolute atomic E-state index is 11.3. The van der Waals surface area contributed by atoms with E-state index in [-0.39, 0.29) is 12.1 Å². The summed E-state index contributed by atoms with van der Waals surface area (Å²) in [4.78, 5) is 26.7. The fourth-order valence-corrected chi connectivity index (χ4v) is 1.91. The first-order valence-electron chi connectivity index (χ1n) is 6.14. The van der Waals surface area contributed by atoms with Crippen molar-refractivity contribution < 1.29 is 19.4 Å². The smallest absolute Gasteiger partial charge is 0.336 e. The Balaban J connectivity index is 2.38. The van der Waals surface area contributed by atoms with E-state index < -0.39 is 11.9 Å². The molecule has 0 aliphatic rings. The Morgan fingerprint density at radius 2 is 2.15 bits per heavy atom. The van der Waals surface area contributed by atoms with Gasteiger partial charge in [-0.3, -0.25) is 4.79 Å². The van der Waals surface area contributed by atoms with Crippen LogP contribution >= 0.6 is 0 Å². The molecule has 0 atom stereocenters. The number of fused-ring (bicyclic) bond motifs is 1. The summed E-state index contributed by atoms with van der Waals surface area (Å²) in [6.45, 7) is 1.95. The zero-order valence-corrected chi connectivity index (χ0v) is 10.9. The van der Waals surface area contributed by atoms with Gasteiger partial charge in [-0.05, 0) is 24.4 Å². The zero-order chi connectivity index (χ0) is 14.5. The summed E-state index contributed by atoms with van der Waals surface area (Å²) in [6.07, 6.45) is 1.56. The molecular weight excluding hydrogens is 260 g/mol. The third-order valence-electron chi connectivity index (χ3n) is 2.73. The molecule has 0 aliphatic heterocycles. The number of aromatic nitrogens is 1. The number of carbonyl (C=O) groups is 2. The van der Waals surface area contributed by atoms with Crippen LogP contribution in [0.25, 0.3) is 10.8 Å². The highest BCUT2D eigenvalue weighted by atomic mass is 16.5. The highest BCUT2D eigenvalue weighted by molar-refractivity contribution is 6.08. The first kappa shape index (κ1) is 13.8. The van der Waals surface area contributed by atoms with E-state index in [1.54, 1.807) is 31.3 Å². The van der Waals surface area contributed by atoms with Crippen LogP contribution in [0.15, 0.2) is 30.5 Å². The van der Waals surface area contributed by atoms with Crippen molar-refractivity contribution in [3.8, 4) is 0 Å². The summed E-state index contributed by atoms with van der Waals surface area (Å²) >= 11 is 0. The van der Waals surface area contributed by atoms with Gasteiger partial charge in [0.25, 0.3) is 0 Å². The van der Waals surface area contributed by atoms with Gasteiger partial charge in [-0.15, -0.1) is 0 Å². The van der Waals surface area contributed by atoms with Gasteiger partial charge in [-0.25, -0.2) is 9.78 Å². The average molecular weight is 274 g/mol. The Kier molecular flexibility index (Phi) is 4.14. The van der Waals surface area contributed by atoms with Crippen LogP contribution in [0.1, 0.15) is 17.3 Å². The Morgan fingerprint density at radius 1 is 1.35 bits per heavy atom. The molecule has 6 heteroatoms. The molecule has 0 saturated carbocycles. The molecular formula is C14H14N2O4. The molecule has 6 nitrogen and oxygen atoms in total. The Labute approximate surface area is 115 Å². The standard InChI is InChI=1S/C14H14N2O4/c1-2-20-11(17)8-16-13-12-9(6-7-15-13)4-3-5-10(12)14(18)19/h3-7H,2,8H2,1H3,(H,15,16)(H,18,19). The molecule has 2 rings (SSSR count). The van der Waals surface area contributed by atoms with Crippen molar-refractivity contribution in [2.45, 2.75) is 6.92 Å². The molecule has 0 bridgehead atoms. The molecule has 0 fully saturated rings. The SMILES string of the molecule is CCOC(=O)CNc1nccc2cccc(C(=O)O)c12. The van der Waals surface area contributed by atoms with Gasteiger partial charge in [0.2, 0.25) is 0 Å². The van der Waals surface area contributed by atoms with E-state index in [1.807, 2.05) is 0 Å². The second-order valence-electron chi connectivity index (χ2n) is 4.03. The molecule has 104 valence electrons. The van der Waals surface area contributed by atoms with Crippen LogP contribution in [-0.2, 0) is 9.53 Å². The fraction of sp³-hybridized carbons (Fsp3) is 0.214. The van der Waals surface area contributed by atoms with Crippen molar-refractivity contribution in [3.05, 3.63) is 36.0 Å². The van der Waals surface area contributed by atoms with Gasteiger partial charge in [0.15, 0.2) is 0 Å². The van der Waals surface area contributed by atoms with Crippen LogP contribution in [0.5, 0.6) is 0 Å². The van der Waals surface area contributed by atoms with E-state index in [0.717, 1.165) is 5.39 Å². The second-order valence-corrected chi connectivity index (χ2v) is 4.03.